The lowest BCUT2D eigenvalue weighted by Gasteiger charge is -2.32. The lowest BCUT2D eigenvalue weighted by Crippen LogP contribution is -2.39. The largest absolute Gasteiger partial charge is 0.339 e. The zero-order chi connectivity index (χ0) is 19.9. The maximum Gasteiger partial charge on any atom is 0.246 e. The highest BCUT2D eigenvalue weighted by Gasteiger charge is 2.23. The first-order chi connectivity index (χ1) is 14.3. The quantitative estimate of drug-likeness (QED) is 0.630. The van der Waals surface area contributed by atoms with Gasteiger partial charge in [0.15, 0.2) is 5.13 Å². The minimum atomic E-state index is 0.0485. The summed E-state index contributed by atoms with van der Waals surface area (Å²) >= 11 is 1.53. The Morgan fingerprint density at radius 1 is 1.31 bits per heavy atom. The van der Waals surface area contributed by atoms with Gasteiger partial charge in [-0.3, -0.25) is 9.78 Å². The van der Waals surface area contributed by atoms with E-state index in [1.165, 1.54) is 11.3 Å². The van der Waals surface area contributed by atoms with Gasteiger partial charge in [-0.25, -0.2) is 15.0 Å². The van der Waals surface area contributed by atoms with E-state index in [1.54, 1.807) is 31.0 Å². The van der Waals surface area contributed by atoms with Gasteiger partial charge in [0.25, 0.3) is 0 Å². The number of nitrogens with one attached hydrogen (secondary N) is 1. The van der Waals surface area contributed by atoms with Crippen LogP contribution in [0.1, 0.15) is 24.1 Å². The van der Waals surface area contributed by atoms with Gasteiger partial charge in [-0.2, -0.15) is 0 Å². The number of aromatic nitrogens is 4. The maximum absolute atomic E-state index is 12.6. The number of rotatable bonds is 6. The van der Waals surface area contributed by atoms with Crippen LogP contribution in [-0.2, 0) is 11.2 Å². The molecule has 1 saturated heterocycles. The van der Waals surface area contributed by atoms with Crippen molar-refractivity contribution >= 4 is 34.3 Å². The Bertz CT molecular complexity index is 960. The maximum atomic E-state index is 12.6. The molecule has 1 N–H and O–H groups in total. The molecular formula is C21H22N6OS. The molecule has 0 spiro atoms. The van der Waals surface area contributed by atoms with Gasteiger partial charge >= 0.3 is 0 Å². The van der Waals surface area contributed by atoms with Crippen LogP contribution in [-0.4, -0.2) is 43.8 Å². The van der Waals surface area contributed by atoms with E-state index in [-0.39, 0.29) is 5.91 Å². The molecular weight excluding hydrogens is 384 g/mol. The number of anilines is 2. The SMILES string of the molecule is O=C(/C=C/c1cccnc1)N1CCC[C@H](Cc2cc(Nc3nccs3)ncn2)C1. The van der Waals surface area contributed by atoms with Crippen molar-refractivity contribution in [1.29, 1.82) is 0 Å². The summed E-state index contributed by atoms with van der Waals surface area (Å²) in [7, 11) is 0. The zero-order valence-electron chi connectivity index (χ0n) is 15.9. The molecule has 1 aliphatic rings. The highest BCUT2D eigenvalue weighted by molar-refractivity contribution is 7.13. The van der Waals surface area contributed by atoms with Crippen molar-refractivity contribution in [2.45, 2.75) is 19.3 Å². The molecule has 3 aromatic heterocycles. The van der Waals surface area contributed by atoms with Gasteiger partial charge in [-0.05, 0) is 42.9 Å². The van der Waals surface area contributed by atoms with Crippen LogP contribution in [0.25, 0.3) is 6.08 Å². The third-order valence-electron chi connectivity index (χ3n) is 4.82. The minimum Gasteiger partial charge on any atom is -0.339 e. The Labute approximate surface area is 173 Å². The van der Waals surface area contributed by atoms with Crippen molar-refractivity contribution in [2.24, 2.45) is 5.92 Å². The lowest BCUT2D eigenvalue weighted by atomic mass is 9.93. The molecule has 0 radical (unpaired) electrons. The average Bonchev–Trinajstić information content (AvgIpc) is 3.26. The van der Waals surface area contributed by atoms with Gasteiger partial charge in [0.1, 0.15) is 12.1 Å². The molecule has 4 rings (SSSR count). The molecule has 8 heteroatoms. The standard InChI is InChI=1S/C21H22N6OS/c28-20(6-5-16-3-1-7-22-13-16)27-9-2-4-17(14-27)11-18-12-19(25-15-24-18)26-21-23-8-10-29-21/h1,3,5-8,10,12-13,15,17H,2,4,9,11,14H2,(H,23,24,25,26)/b6-5+/t17-/m1/s1. The second-order valence-electron chi connectivity index (χ2n) is 6.97. The number of amides is 1. The molecule has 0 bridgehead atoms. The van der Waals surface area contributed by atoms with Crippen LogP contribution >= 0.6 is 11.3 Å². The fraction of sp³-hybridized carbons (Fsp3) is 0.286. The zero-order valence-corrected chi connectivity index (χ0v) is 16.8. The molecule has 29 heavy (non-hydrogen) atoms. The van der Waals surface area contributed by atoms with E-state index >= 15 is 0 Å². The van der Waals surface area contributed by atoms with Crippen LogP contribution < -0.4 is 5.32 Å². The molecule has 148 valence electrons. The van der Waals surface area contributed by atoms with Crippen molar-refractivity contribution in [3.8, 4) is 0 Å². The number of hydrogen-bond donors (Lipinski definition) is 1. The van der Waals surface area contributed by atoms with Gasteiger partial charge in [-0.1, -0.05) is 6.07 Å². The molecule has 1 fully saturated rings. The first-order valence-electron chi connectivity index (χ1n) is 9.61. The van der Waals surface area contributed by atoms with Gasteiger partial charge in [0, 0.05) is 54.9 Å². The van der Waals surface area contributed by atoms with Crippen molar-refractivity contribution in [3.63, 3.8) is 0 Å². The number of hydrogen-bond acceptors (Lipinski definition) is 7. The molecule has 0 unspecified atom stereocenters. The second kappa shape index (κ2) is 9.38. The molecule has 0 saturated carbocycles. The number of nitrogens with zero attached hydrogens (tertiary/aromatic N) is 5. The van der Waals surface area contributed by atoms with Gasteiger partial charge in [-0.15, -0.1) is 11.3 Å². The van der Waals surface area contributed by atoms with E-state index in [0.29, 0.717) is 5.92 Å². The first-order valence-corrected chi connectivity index (χ1v) is 10.5. The number of likely N-dealkylation sites (tertiary alicyclic amines) is 1. The monoisotopic (exact) mass is 406 g/mol. The normalized spacial score (nSPS) is 16.8. The molecule has 1 amide bonds. The Balaban J connectivity index is 1.35. The van der Waals surface area contributed by atoms with E-state index in [0.717, 1.165) is 54.6 Å². The predicted octanol–water partition coefficient (Wildman–Crippen LogP) is 3.57. The smallest absolute Gasteiger partial charge is 0.246 e. The van der Waals surface area contributed by atoms with Crippen molar-refractivity contribution in [3.05, 3.63) is 65.8 Å². The number of pyridine rings is 1. The van der Waals surface area contributed by atoms with E-state index in [2.05, 4.69) is 25.3 Å². The summed E-state index contributed by atoms with van der Waals surface area (Å²) in [6, 6.07) is 5.76. The molecule has 0 aliphatic carbocycles. The Morgan fingerprint density at radius 3 is 3.10 bits per heavy atom. The minimum absolute atomic E-state index is 0.0485. The van der Waals surface area contributed by atoms with Gasteiger partial charge in [0.05, 0.1) is 0 Å². The summed E-state index contributed by atoms with van der Waals surface area (Å²) < 4.78 is 0. The average molecular weight is 407 g/mol. The van der Waals surface area contributed by atoms with Crippen LogP contribution in [0, 0.1) is 5.92 Å². The Hall–Kier alpha value is -3.13. The fourth-order valence-corrected chi connectivity index (χ4v) is 3.98. The Kier molecular flexibility index (Phi) is 6.21. The number of carbonyl (C=O) groups is 1. The lowest BCUT2D eigenvalue weighted by molar-refractivity contribution is -0.127. The predicted molar refractivity (Wildman–Crippen MR) is 114 cm³/mol. The molecule has 1 atom stereocenters. The first kappa shape index (κ1) is 19.2. The topological polar surface area (TPSA) is 83.9 Å². The highest BCUT2D eigenvalue weighted by atomic mass is 32.1. The van der Waals surface area contributed by atoms with Crippen molar-refractivity contribution in [2.75, 3.05) is 18.4 Å². The second-order valence-corrected chi connectivity index (χ2v) is 7.87. The highest BCUT2D eigenvalue weighted by Crippen LogP contribution is 2.22. The van der Waals surface area contributed by atoms with E-state index in [4.69, 9.17) is 0 Å². The molecule has 0 aromatic carbocycles. The van der Waals surface area contributed by atoms with Crippen molar-refractivity contribution < 1.29 is 4.79 Å². The fourth-order valence-electron chi connectivity index (χ4n) is 3.45. The van der Waals surface area contributed by atoms with E-state index < -0.39 is 0 Å². The summed E-state index contributed by atoms with van der Waals surface area (Å²) in [4.78, 5) is 31.5. The van der Waals surface area contributed by atoms with Crippen LogP contribution in [0.4, 0.5) is 10.9 Å². The summed E-state index contributed by atoms with van der Waals surface area (Å²) in [6.07, 6.45) is 13.2. The van der Waals surface area contributed by atoms with Crippen LogP contribution in [0.5, 0.6) is 0 Å². The molecule has 7 nitrogen and oxygen atoms in total. The number of carbonyl (C=O) groups excluding carboxylic acids is 1. The molecule has 1 aliphatic heterocycles. The van der Waals surface area contributed by atoms with E-state index in [1.807, 2.05) is 34.6 Å². The van der Waals surface area contributed by atoms with Crippen LogP contribution in [0.2, 0.25) is 0 Å². The van der Waals surface area contributed by atoms with E-state index in [9.17, 15) is 4.79 Å². The summed E-state index contributed by atoms with van der Waals surface area (Å²) in [5.74, 6) is 1.18. The third kappa shape index (κ3) is 5.45. The molecule has 4 heterocycles. The summed E-state index contributed by atoms with van der Waals surface area (Å²) in [5, 5.41) is 5.93. The summed E-state index contributed by atoms with van der Waals surface area (Å²) in [6.45, 7) is 1.54. The van der Waals surface area contributed by atoms with Crippen LogP contribution in [0.15, 0.2) is 54.6 Å². The van der Waals surface area contributed by atoms with Gasteiger partial charge < -0.3 is 10.2 Å². The van der Waals surface area contributed by atoms with Crippen LogP contribution in [0.3, 0.4) is 0 Å². The van der Waals surface area contributed by atoms with Gasteiger partial charge in [0.2, 0.25) is 5.91 Å². The number of thiazole rings is 1. The van der Waals surface area contributed by atoms with Crippen molar-refractivity contribution in [1.82, 2.24) is 24.8 Å². The third-order valence-corrected chi connectivity index (χ3v) is 5.51. The number of piperidine rings is 1. The molecule has 3 aromatic rings. The Morgan fingerprint density at radius 2 is 2.28 bits per heavy atom. The summed E-state index contributed by atoms with van der Waals surface area (Å²) in [5.41, 5.74) is 1.90.